The molecule has 0 aromatic heterocycles. The SMILES string of the molecule is O=C(O)CN1C(=O)/C(=C/c2cc(Br)ccc2OC(F)F)SC1=S. The number of carboxylic acid groups (broad SMARTS) is 1. The van der Waals surface area contributed by atoms with Crippen LogP contribution < -0.4 is 4.74 Å². The van der Waals surface area contributed by atoms with E-state index in [1.54, 1.807) is 0 Å². The predicted octanol–water partition coefficient (Wildman–Crippen LogP) is 3.34. The lowest BCUT2D eigenvalue weighted by molar-refractivity contribution is -0.140. The fraction of sp³-hybridized carbons (Fsp3) is 0.154. The minimum atomic E-state index is -3.01. The van der Waals surface area contributed by atoms with Crippen molar-refractivity contribution < 1.29 is 28.2 Å². The third kappa shape index (κ3) is 4.49. The maximum atomic E-state index is 12.4. The number of benzene rings is 1. The maximum Gasteiger partial charge on any atom is 0.387 e. The molecule has 1 saturated heterocycles. The van der Waals surface area contributed by atoms with Gasteiger partial charge in [0.15, 0.2) is 0 Å². The van der Waals surface area contributed by atoms with Crippen LogP contribution in [0, 0.1) is 0 Å². The van der Waals surface area contributed by atoms with Gasteiger partial charge in [-0.05, 0) is 24.3 Å². The summed E-state index contributed by atoms with van der Waals surface area (Å²) in [5.41, 5.74) is 0.246. The number of hydrogen-bond acceptors (Lipinski definition) is 5. The fourth-order valence-corrected chi connectivity index (χ4v) is 3.37. The topological polar surface area (TPSA) is 66.8 Å². The van der Waals surface area contributed by atoms with Crippen molar-refractivity contribution in [3.63, 3.8) is 0 Å². The number of carbonyl (C=O) groups excluding carboxylic acids is 1. The van der Waals surface area contributed by atoms with Crippen LogP contribution in [0.1, 0.15) is 5.56 Å². The lowest BCUT2D eigenvalue weighted by Crippen LogP contribution is -2.33. The highest BCUT2D eigenvalue weighted by molar-refractivity contribution is 9.10. The van der Waals surface area contributed by atoms with Crippen LogP contribution in [0.5, 0.6) is 5.75 Å². The van der Waals surface area contributed by atoms with E-state index in [0.717, 1.165) is 16.7 Å². The monoisotopic (exact) mass is 423 g/mol. The summed E-state index contributed by atoms with van der Waals surface area (Å²) < 4.78 is 30.0. The van der Waals surface area contributed by atoms with Crippen LogP contribution in [0.3, 0.4) is 0 Å². The number of thiocarbonyl (C=S) groups is 1. The zero-order valence-electron chi connectivity index (χ0n) is 11.2. The van der Waals surface area contributed by atoms with E-state index < -0.39 is 25.0 Å². The molecule has 1 heterocycles. The summed E-state index contributed by atoms with van der Waals surface area (Å²) >= 11 is 9.07. The van der Waals surface area contributed by atoms with Gasteiger partial charge < -0.3 is 9.84 Å². The van der Waals surface area contributed by atoms with E-state index in [1.165, 1.54) is 24.3 Å². The Bertz CT molecular complexity index is 711. The number of halogens is 3. The van der Waals surface area contributed by atoms with E-state index in [9.17, 15) is 18.4 Å². The zero-order chi connectivity index (χ0) is 17.1. The molecule has 2 rings (SSSR count). The summed E-state index contributed by atoms with van der Waals surface area (Å²) in [6.07, 6.45) is 1.34. The Hall–Kier alpha value is -1.52. The van der Waals surface area contributed by atoms with Gasteiger partial charge in [-0.1, -0.05) is 39.9 Å². The van der Waals surface area contributed by atoms with E-state index >= 15 is 0 Å². The Morgan fingerprint density at radius 1 is 1.52 bits per heavy atom. The Morgan fingerprint density at radius 2 is 2.22 bits per heavy atom. The number of thioether (sulfide) groups is 1. The molecule has 5 nitrogen and oxygen atoms in total. The molecule has 0 aliphatic carbocycles. The van der Waals surface area contributed by atoms with Crippen molar-refractivity contribution in [1.29, 1.82) is 0 Å². The Labute approximate surface area is 147 Å². The van der Waals surface area contributed by atoms with Gasteiger partial charge in [0.2, 0.25) is 0 Å². The maximum absolute atomic E-state index is 12.4. The predicted molar refractivity (Wildman–Crippen MR) is 88.3 cm³/mol. The van der Waals surface area contributed by atoms with Gasteiger partial charge in [-0.25, -0.2) is 0 Å². The van der Waals surface area contributed by atoms with Crippen LogP contribution in [-0.2, 0) is 9.59 Å². The molecule has 1 fully saturated rings. The second kappa shape index (κ2) is 7.37. The van der Waals surface area contributed by atoms with Gasteiger partial charge in [-0.15, -0.1) is 0 Å². The summed E-state index contributed by atoms with van der Waals surface area (Å²) in [5, 5.41) is 8.77. The van der Waals surface area contributed by atoms with Gasteiger partial charge in [-0.3, -0.25) is 14.5 Å². The molecule has 1 amide bonds. The van der Waals surface area contributed by atoms with Crippen LogP contribution >= 0.6 is 39.9 Å². The molecule has 1 aliphatic rings. The first-order chi connectivity index (χ1) is 10.8. The number of nitrogens with zero attached hydrogens (tertiary/aromatic N) is 1. The number of carboxylic acids is 1. The number of rotatable bonds is 5. The second-order valence-electron chi connectivity index (χ2n) is 4.22. The average Bonchev–Trinajstić information content (AvgIpc) is 2.69. The lowest BCUT2D eigenvalue weighted by Gasteiger charge is -2.10. The summed E-state index contributed by atoms with van der Waals surface area (Å²) in [5.74, 6) is -1.90. The first-order valence-electron chi connectivity index (χ1n) is 5.99. The quantitative estimate of drug-likeness (QED) is 0.578. The Balaban J connectivity index is 2.35. The Kier molecular flexibility index (Phi) is 5.71. The van der Waals surface area contributed by atoms with Crippen molar-refractivity contribution >= 4 is 62.2 Å². The Morgan fingerprint density at radius 3 is 2.83 bits per heavy atom. The van der Waals surface area contributed by atoms with Crippen molar-refractivity contribution in [2.24, 2.45) is 0 Å². The third-order valence-corrected chi connectivity index (χ3v) is 4.51. The van der Waals surface area contributed by atoms with E-state index in [0.29, 0.717) is 4.47 Å². The standard InChI is InChI=1S/C13H8BrF2NO4S2/c14-7-1-2-8(21-12(15)16)6(3-7)4-9-11(20)17(5-10(18)19)13(22)23-9/h1-4,12H,5H2,(H,18,19)/b9-4-. The number of amides is 1. The molecule has 0 unspecified atom stereocenters. The highest BCUT2D eigenvalue weighted by atomic mass is 79.9. The minimum Gasteiger partial charge on any atom is -0.480 e. The second-order valence-corrected chi connectivity index (χ2v) is 6.81. The molecule has 0 bridgehead atoms. The van der Waals surface area contributed by atoms with Crippen LogP contribution in [-0.4, -0.2) is 39.4 Å². The molecule has 1 aliphatic heterocycles. The summed E-state index contributed by atoms with van der Waals surface area (Å²) in [7, 11) is 0. The van der Waals surface area contributed by atoms with Gasteiger partial charge >= 0.3 is 12.6 Å². The van der Waals surface area contributed by atoms with E-state index in [1.807, 2.05) is 0 Å². The van der Waals surface area contributed by atoms with Crippen LogP contribution in [0.2, 0.25) is 0 Å². The number of carbonyl (C=O) groups is 2. The van der Waals surface area contributed by atoms with Crippen molar-refractivity contribution in [3.8, 4) is 5.75 Å². The molecule has 1 aromatic rings. The van der Waals surface area contributed by atoms with Gasteiger partial charge in [-0.2, -0.15) is 8.78 Å². The van der Waals surface area contributed by atoms with Crippen molar-refractivity contribution in [2.45, 2.75) is 6.61 Å². The van der Waals surface area contributed by atoms with Gasteiger partial charge in [0.1, 0.15) is 16.6 Å². The molecular formula is C13H8BrF2NO4S2. The van der Waals surface area contributed by atoms with Crippen LogP contribution in [0.15, 0.2) is 27.6 Å². The van der Waals surface area contributed by atoms with Crippen LogP contribution in [0.25, 0.3) is 6.08 Å². The van der Waals surface area contributed by atoms with Gasteiger partial charge in [0.25, 0.3) is 5.91 Å². The molecular weight excluding hydrogens is 416 g/mol. The summed E-state index contributed by atoms with van der Waals surface area (Å²) in [6.45, 7) is -3.56. The fourth-order valence-electron chi connectivity index (χ4n) is 1.75. The van der Waals surface area contributed by atoms with Crippen molar-refractivity contribution in [3.05, 3.63) is 33.1 Å². The lowest BCUT2D eigenvalue weighted by atomic mass is 10.2. The molecule has 1 aromatic carbocycles. The van der Waals surface area contributed by atoms with Crippen LogP contribution in [0.4, 0.5) is 8.78 Å². The first kappa shape index (κ1) is 17.8. The highest BCUT2D eigenvalue weighted by Crippen LogP contribution is 2.35. The number of alkyl halides is 2. The first-order valence-corrected chi connectivity index (χ1v) is 8.01. The average molecular weight is 424 g/mol. The molecule has 122 valence electrons. The number of aliphatic carboxylic acids is 1. The summed E-state index contributed by atoms with van der Waals surface area (Å²) in [6, 6.07) is 4.35. The third-order valence-electron chi connectivity index (χ3n) is 2.64. The van der Waals surface area contributed by atoms with E-state index in [-0.39, 0.29) is 20.5 Å². The van der Waals surface area contributed by atoms with Crippen molar-refractivity contribution in [2.75, 3.05) is 6.54 Å². The van der Waals surface area contributed by atoms with E-state index in [2.05, 4.69) is 20.7 Å². The van der Waals surface area contributed by atoms with Gasteiger partial charge in [0, 0.05) is 10.0 Å². The molecule has 23 heavy (non-hydrogen) atoms. The molecule has 0 spiro atoms. The van der Waals surface area contributed by atoms with Gasteiger partial charge in [0.05, 0.1) is 4.91 Å². The van der Waals surface area contributed by atoms with Crippen molar-refractivity contribution in [1.82, 2.24) is 4.90 Å². The largest absolute Gasteiger partial charge is 0.480 e. The molecule has 0 atom stereocenters. The smallest absolute Gasteiger partial charge is 0.387 e. The normalized spacial score (nSPS) is 16.5. The number of ether oxygens (including phenoxy) is 1. The molecule has 1 N–H and O–H groups in total. The number of hydrogen-bond donors (Lipinski definition) is 1. The highest BCUT2D eigenvalue weighted by Gasteiger charge is 2.33. The summed E-state index contributed by atoms with van der Waals surface area (Å²) in [4.78, 5) is 24.0. The molecule has 10 heteroatoms. The minimum absolute atomic E-state index is 0.0926. The molecule has 0 radical (unpaired) electrons. The zero-order valence-corrected chi connectivity index (χ0v) is 14.4. The van der Waals surface area contributed by atoms with E-state index in [4.69, 9.17) is 17.3 Å². The molecule has 0 saturated carbocycles.